The van der Waals surface area contributed by atoms with Crippen molar-refractivity contribution in [2.24, 2.45) is 0 Å². The zero-order chi connectivity index (χ0) is 13.9. The van der Waals surface area contributed by atoms with E-state index in [4.69, 9.17) is 0 Å². The predicted octanol–water partition coefficient (Wildman–Crippen LogP) is 2.17. The van der Waals surface area contributed by atoms with Crippen LogP contribution in [-0.2, 0) is 0 Å². The normalized spacial score (nSPS) is 14.5. The summed E-state index contributed by atoms with van der Waals surface area (Å²) >= 11 is 0. The summed E-state index contributed by atoms with van der Waals surface area (Å²) in [4.78, 5) is 13.9. The fraction of sp³-hybridized carbons (Fsp3) is 0.571. The molecular formula is C14H23N5. The van der Waals surface area contributed by atoms with Crippen molar-refractivity contribution in [1.29, 1.82) is 0 Å². The number of anilines is 1. The number of rotatable bonds is 6. The van der Waals surface area contributed by atoms with Crippen LogP contribution in [0.25, 0.3) is 11.0 Å². The zero-order valence-corrected chi connectivity index (χ0v) is 12.2. The molecule has 1 atom stereocenters. The third kappa shape index (κ3) is 2.87. The zero-order valence-electron chi connectivity index (χ0n) is 12.2. The van der Waals surface area contributed by atoms with Gasteiger partial charge < -0.3 is 15.2 Å². The molecule has 0 spiro atoms. The quantitative estimate of drug-likeness (QED) is 0.837. The van der Waals surface area contributed by atoms with Crippen molar-refractivity contribution in [3.05, 3.63) is 18.6 Å². The topological polar surface area (TPSA) is 56.8 Å². The van der Waals surface area contributed by atoms with Crippen LogP contribution in [0.3, 0.4) is 0 Å². The third-order valence-corrected chi connectivity index (χ3v) is 4.08. The summed E-state index contributed by atoms with van der Waals surface area (Å²) in [5.41, 5.74) is 1.07. The van der Waals surface area contributed by atoms with Gasteiger partial charge in [-0.15, -0.1) is 0 Å². The first kappa shape index (κ1) is 13.8. The van der Waals surface area contributed by atoms with Crippen LogP contribution in [0, 0.1) is 0 Å². The Morgan fingerprint density at radius 1 is 1.42 bits per heavy atom. The van der Waals surface area contributed by atoms with Crippen LogP contribution >= 0.6 is 0 Å². The molecular weight excluding hydrogens is 238 g/mol. The standard InChI is InChI=1S/C14H23N5/c1-5-14(2,15-3)7-9-19(4)13-11-6-8-16-12(11)17-10-18-13/h6,8,10,15H,5,7,9H2,1-4H3,(H,16,17,18)/t14-/m0/s1. The van der Waals surface area contributed by atoms with Gasteiger partial charge >= 0.3 is 0 Å². The maximum atomic E-state index is 4.41. The molecule has 2 heterocycles. The van der Waals surface area contributed by atoms with Crippen LogP contribution in [0.2, 0.25) is 0 Å². The highest BCUT2D eigenvalue weighted by atomic mass is 15.2. The number of hydrogen-bond acceptors (Lipinski definition) is 4. The van der Waals surface area contributed by atoms with E-state index in [-0.39, 0.29) is 5.54 Å². The molecule has 0 amide bonds. The number of nitrogens with one attached hydrogen (secondary N) is 2. The molecule has 0 aromatic carbocycles. The van der Waals surface area contributed by atoms with Gasteiger partial charge in [-0.1, -0.05) is 6.92 Å². The minimum atomic E-state index is 0.179. The van der Waals surface area contributed by atoms with E-state index < -0.39 is 0 Å². The van der Waals surface area contributed by atoms with Crippen molar-refractivity contribution in [1.82, 2.24) is 20.3 Å². The first-order valence-corrected chi connectivity index (χ1v) is 6.78. The van der Waals surface area contributed by atoms with Gasteiger partial charge in [-0.05, 0) is 32.9 Å². The molecule has 0 fully saturated rings. The summed E-state index contributed by atoms with van der Waals surface area (Å²) in [5, 5.41) is 4.48. The Morgan fingerprint density at radius 3 is 2.89 bits per heavy atom. The van der Waals surface area contributed by atoms with Crippen molar-refractivity contribution in [2.45, 2.75) is 32.2 Å². The Bertz CT molecular complexity index is 529. The molecule has 0 saturated carbocycles. The van der Waals surface area contributed by atoms with E-state index in [1.165, 1.54) is 0 Å². The number of hydrogen-bond donors (Lipinski definition) is 2. The van der Waals surface area contributed by atoms with Crippen LogP contribution in [0.1, 0.15) is 26.7 Å². The smallest absolute Gasteiger partial charge is 0.142 e. The van der Waals surface area contributed by atoms with Crippen molar-refractivity contribution in [3.8, 4) is 0 Å². The molecule has 0 aliphatic carbocycles. The average Bonchev–Trinajstić information content (AvgIpc) is 2.92. The van der Waals surface area contributed by atoms with E-state index in [9.17, 15) is 0 Å². The van der Waals surface area contributed by atoms with Crippen molar-refractivity contribution in [2.75, 3.05) is 25.5 Å². The lowest BCUT2D eigenvalue weighted by Crippen LogP contribution is -2.42. The predicted molar refractivity (Wildman–Crippen MR) is 79.5 cm³/mol. The van der Waals surface area contributed by atoms with Gasteiger partial charge in [0.2, 0.25) is 0 Å². The van der Waals surface area contributed by atoms with E-state index in [2.05, 4.69) is 46.1 Å². The minimum absolute atomic E-state index is 0.179. The van der Waals surface area contributed by atoms with Gasteiger partial charge in [0.1, 0.15) is 17.8 Å². The second-order valence-electron chi connectivity index (χ2n) is 5.27. The Morgan fingerprint density at radius 2 is 2.21 bits per heavy atom. The Labute approximate surface area is 114 Å². The Hall–Kier alpha value is -1.62. The van der Waals surface area contributed by atoms with Gasteiger partial charge in [-0.3, -0.25) is 0 Å². The molecule has 0 radical (unpaired) electrons. The van der Waals surface area contributed by atoms with Gasteiger partial charge in [-0.2, -0.15) is 0 Å². The van der Waals surface area contributed by atoms with Crippen molar-refractivity contribution in [3.63, 3.8) is 0 Å². The van der Waals surface area contributed by atoms with Gasteiger partial charge in [0.25, 0.3) is 0 Å². The molecule has 5 nitrogen and oxygen atoms in total. The van der Waals surface area contributed by atoms with E-state index in [1.54, 1.807) is 6.33 Å². The van der Waals surface area contributed by atoms with Gasteiger partial charge in [0, 0.05) is 25.3 Å². The van der Waals surface area contributed by atoms with Gasteiger partial charge in [0.05, 0.1) is 5.39 Å². The highest BCUT2D eigenvalue weighted by molar-refractivity contribution is 5.87. The van der Waals surface area contributed by atoms with E-state index in [1.807, 2.05) is 19.3 Å². The van der Waals surface area contributed by atoms with Crippen molar-refractivity contribution < 1.29 is 0 Å². The lowest BCUT2D eigenvalue weighted by molar-refractivity contribution is 0.348. The molecule has 0 unspecified atom stereocenters. The lowest BCUT2D eigenvalue weighted by atomic mass is 9.94. The molecule has 0 aliphatic heterocycles. The first-order chi connectivity index (χ1) is 9.09. The SMILES string of the molecule is CC[C@@](C)(CCN(C)c1ncnc2[nH]ccc12)NC. The van der Waals surface area contributed by atoms with Crippen molar-refractivity contribution >= 4 is 16.9 Å². The summed E-state index contributed by atoms with van der Waals surface area (Å²) in [6.45, 7) is 5.43. The number of nitrogens with zero attached hydrogens (tertiary/aromatic N) is 3. The second kappa shape index (κ2) is 5.57. The highest BCUT2D eigenvalue weighted by Crippen LogP contribution is 2.22. The molecule has 0 bridgehead atoms. The third-order valence-electron chi connectivity index (χ3n) is 4.08. The maximum Gasteiger partial charge on any atom is 0.142 e. The van der Waals surface area contributed by atoms with Gasteiger partial charge in [0.15, 0.2) is 0 Å². The summed E-state index contributed by atoms with van der Waals surface area (Å²) < 4.78 is 0. The summed E-state index contributed by atoms with van der Waals surface area (Å²) in [6.07, 6.45) is 5.70. The largest absolute Gasteiger partial charge is 0.359 e. The molecule has 104 valence electrons. The van der Waals surface area contributed by atoms with Crippen LogP contribution in [0.5, 0.6) is 0 Å². The molecule has 19 heavy (non-hydrogen) atoms. The molecule has 2 aromatic heterocycles. The van der Waals surface area contributed by atoms with Crippen LogP contribution in [-0.4, -0.2) is 41.1 Å². The maximum absolute atomic E-state index is 4.41. The van der Waals surface area contributed by atoms with Crippen LogP contribution < -0.4 is 10.2 Å². The molecule has 0 saturated heterocycles. The van der Waals surface area contributed by atoms with E-state index in [0.717, 1.165) is 36.2 Å². The van der Waals surface area contributed by atoms with E-state index >= 15 is 0 Å². The molecule has 2 aromatic rings. The Balaban J connectivity index is 2.12. The Kier molecular flexibility index (Phi) is 4.04. The summed E-state index contributed by atoms with van der Waals surface area (Å²) in [5.74, 6) is 0.987. The first-order valence-electron chi connectivity index (χ1n) is 6.78. The molecule has 2 rings (SSSR count). The fourth-order valence-electron chi connectivity index (χ4n) is 2.16. The van der Waals surface area contributed by atoms with Crippen LogP contribution in [0.15, 0.2) is 18.6 Å². The van der Waals surface area contributed by atoms with Crippen LogP contribution in [0.4, 0.5) is 5.82 Å². The monoisotopic (exact) mass is 261 g/mol. The number of aromatic nitrogens is 3. The lowest BCUT2D eigenvalue weighted by Gasteiger charge is -2.30. The average molecular weight is 261 g/mol. The molecule has 2 N–H and O–H groups in total. The fourth-order valence-corrected chi connectivity index (χ4v) is 2.16. The van der Waals surface area contributed by atoms with E-state index in [0.29, 0.717) is 0 Å². The number of H-pyrrole nitrogens is 1. The number of fused-ring (bicyclic) bond motifs is 1. The summed E-state index contributed by atoms with van der Waals surface area (Å²) in [7, 11) is 4.11. The second-order valence-corrected chi connectivity index (χ2v) is 5.27. The molecule has 5 heteroatoms. The van der Waals surface area contributed by atoms with Gasteiger partial charge in [-0.25, -0.2) is 9.97 Å². The minimum Gasteiger partial charge on any atom is -0.359 e. The molecule has 0 aliphatic rings. The number of aromatic amines is 1. The summed E-state index contributed by atoms with van der Waals surface area (Å²) in [6, 6.07) is 2.03. The highest BCUT2D eigenvalue weighted by Gasteiger charge is 2.20.